The average molecular weight is 344 g/mol. The van der Waals surface area contributed by atoms with Crippen molar-refractivity contribution in [3.05, 3.63) is 28.5 Å². The zero-order chi connectivity index (χ0) is 14.8. The van der Waals surface area contributed by atoms with Crippen molar-refractivity contribution in [3.63, 3.8) is 0 Å². The van der Waals surface area contributed by atoms with E-state index < -0.39 is 6.04 Å². The Balaban J connectivity index is 0.00000176. The fraction of sp³-hybridized carbons (Fsp3) is 0.462. The predicted octanol–water partition coefficient (Wildman–Crippen LogP) is 1.27. The van der Waals surface area contributed by atoms with Crippen molar-refractivity contribution in [1.82, 2.24) is 20.1 Å². The van der Waals surface area contributed by atoms with Gasteiger partial charge in [-0.2, -0.15) is 5.10 Å². The van der Waals surface area contributed by atoms with Gasteiger partial charge in [0.25, 0.3) is 0 Å². The zero-order valence-corrected chi connectivity index (χ0v) is 14.0. The smallest absolute Gasteiger partial charge is 0.247 e. The van der Waals surface area contributed by atoms with E-state index in [4.69, 9.17) is 4.74 Å². The molecule has 7 nitrogen and oxygen atoms in total. The van der Waals surface area contributed by atoms with Crippen LogP contribution in [-0.4, -0.2) is 34.3 Å². The van der Waals surface area contributed by atoms with E-state index >= 15 is 0 Å². The molecule has 0 saturated carbocycles. The largest absolute Gasteiger partial charge is 0.375 e. The number of amides is 1. The van der Waals surface area contributed by atoms with Gasteiger partial charge in [-0.3, -0.25) is 9.48 Å². The summed E-state index contributed by atoms with van der Waals surface area (Å²) in [5, 5.41) is 10.6. The molecule has 0 aliphatic carbocycles. The Kier molecular flexibility index (Phi) is 5.52. The highest BCUT2D eigenvalue weighted by atomic mass is 35.5. The number of carbonyl (C=O) groups excluding carboxylic acids is 1. The van der Waals surface area contributed by atoms with Gasteiger partial charge >= 0.3 is 0 Å². The van der Waals surface area contributed by atoms with Gasteiger partial charge in [0, 0.05) is 25.2 Å². The monoisotopic (exact) mass is 343 g/mol. The summed E-state index contributed by atoms with van der Waals surface area (Å²) in [5.74, 6) is -0.141. The third kappa shape index (κ3) is 3.46. The summed E-state index contributed by atoms with van der Waals surface area (Å²) >= 11 is 1.48. The lowest BCUT2D eigenvalue weighted by atomic mass is 10.1. The molecule has 1 atom stereocenters. The van der Waals surface area contributed by atoms with Crippen LogP contribution in [-0.2, 0) is 29.6 Å². The van der Waals surface area contributed by atoms with E-state index in [2.05, 4.69) is 20.7 Å². The molecule has 1 unspecified atom stereocenters. The second kappa shape index (κ2) is 7.19. The van der Waals surface area contributed by atoms with Crippen molar-refractivity contribution in [1.29, 1.82) is 0 Å². The van der Waals surface area contributed by atoms with Gasteiger partial charge < -0.3 is 15.4 Å². The molecule has 0 bridgehead atoms. The Morgan fingerprint density at radius 3 is 3.00 bits per heavy atom. The van der Waals surface area contributed by atoms with E-state index in [1.54, 1.807) is 17.9 Å². The van der Waals surface area contributed by atoms with Crippen LogP contribution in [0.15, 0.2) is 12.4 Å². The molecule has 0 radical (unpaired) electrons. The number of aryl methyl sites for hydroxylation is 1. The van der Waals surface area contributed by atoms with Crippen molar-refractivity contribution in [2.75, 3.05) is 19.0 Å². The first-order chi connectivity index (χ1) is 10.2. The number of nitrogens with zero attached hydrogens (tertiary/aromatic N) is 3. The number of fused-ring (bicyclic) bond motifs is 1. The first kappa shape index (κ1) is 16.9. The highest BCUT2D eigenvalue weighted by Crippen LogP contribution is 2.27. The van der Waals surface area contributed by atoms with Gasteiger partial charge in [0.1, 0.15) is 6.04 Å². The predicted molar refractivity (Wildman–Crippen MR) is 86.4 cm³/mol. The maximum atomic E-state index is 12.4. The summed E-state index contributed by atoms with van der Waals surface area (Å²) in [4.78, 5) is 18.0. The number of halogens is 1. The minimum absolute atomic E-state index is 0. The molecule has 0 saturated heterocycles. The minimum atomic E-state index is -0.448. The van der Waals surface area contributed by atoms with Crippen molar-refractivity contribution in [3.8, 4) is 0 Å². The van der Waals surface area contributed by atoms with Gasteiger partial charge in [0.05, 0.1) is 30.0 Å². The van der Waals surface area contributed by atoms with Gasteiger partial charge in [-0.15, -0.1) is 12.4 Å². The van der Waals surface area contributed by atoms with E-state index in [-0.39, 0.29) is 18.3 Å². The molecule has 0 aromatic carbocycles. The van der Waals surface area contributed by atoms with Gasteiger partial charge in [0.15, 0.2) is 5.13 Å². The number of ether oxygens (including phenoxy) is 1. The van der Waals surface area contributed by atoms with Gasteiger partial charge in [-0.05, 0) is 7.05 Å². The molecule has 9 heteroatoms. The lowest BCUT2D eigenvalue weighted by Gasteiger charge is -2.12. The minimum Gasteiger partial charge on any atom is -0.375 e. The lowest BCUT2D eigenvalue weighted by Crippen LogP contribution is -2.30. The van der Waals surface area contributed by atoms with Crippen LogP contribution in [0.4, 0.5) is 5.13 Å². The molecule has 2 aromatic heterocycles. The van der Waals surface area contributed by atoms with Gasteiger partial charge in [0.2, 0.25) is 5.91 Å². The molecule has 22 heavy (non-hydrogen) atoms. The van der Waals surface area contributed by atoms with E-state index in [0.29, 0.717) is 18.3 Å². The number of rotatable bonds is 4. The normalized spacial score (nSPS) is 14.8. The van der Waals surface area contributed by atoms with Crippen molar-refractivity contribution < 1.29 is 9.53 Å². The molecular weight excluding hydrogens is 326 g/mol. The van der Waals surface area contributed by atoms with Crippen LogP contribution in [0.1, 0.15) is 22.2 Å². The SMILES string of the molecule is CNC(C(=O)Nc1nc2c(s1)COCC2)c1cnn(C)c1.Cl. The summed E-state index contributed by atoms with van der Waals surface area (Å²) in [6.07, 6.45) is 4.31. The molecular formula is C13H18ClN5O2S. The molecule has 1 amide bonds. The van der Waals surface area contributed by atoms with Crippen LogP contribution in [0.3, 0.4) is 0 Å². The highest BCUT2D eigenvalue weighted by molar-refractivity contribution is 7.15. The van der Waals surface area contributed by atoms with Gasteiger partial charge in [-0.25, -0.2) is 4.98 Å². The van der Waals surface area contributed by atoms with Crippen LogP contribution < -0.4 is 10.6 Å². The summed E-state index contributed by atoms with van der Waals surface area (Å²) in [6, 6.07) is -0.448. The van der Waals surface area contributed by atoms with E-state index in [9.17, 15) is 4.79 Å². The summed E-state index contributed by atoms with van der Waals surface area (Å²) in [7, 11) is 3.57. The number of likely N-dealkylation sites (N-methyl/N-ethyl adjacent to an activating group) is 1. The Labute approximate surface area is 138 Å². The number of hydrogen-bond acceptors (Lipinski definition) is 6. The number of hydrogen-bond donors (Lipinski definition) is 2. The van der Waals surface area contributed by atoms with Crippen LogP contribution >= 0.6 is 23.7 Å². The Hall–Kier alpha value is -1.48. The lowest BCUT2D eigenvalue weighted by molar-refractivity contribution is -0.118. The third-order valence-corrected chi connectivity index (χ3v) is 4.32. The van der Waals surface area contributed by atoms with E-state index in [1.165, 1.54) is 11.3 Å². The maximum Gasteiger partial charge on any atom is 0.247 e. The molecule has 0 spiro atoms. The first-order valence-corrected chi connectivity index (χ1v) is 7.52. The second-order valence-corrected chi connectivity index (χ2v) is 5.93. The third-order valence-electron chi connectivity index (χ3n) is 3.33. The standard InChI is InChI=1S/C13H17N5O2S.ClH/c1-14-11(8-5-15-18(2)6-8)12(19)17-13-16-9-3-4-20-7-10(9)21-13;/h5-6,11,14H,3-4,7H2,1-2H3,(H,16,17,19);1H. The molecule has 3 heterocycles. The Bertz CT molecular complexity index is 633. The van der Waals surface area contributed by atoms with Crippen LogP contribution in [0.2, 0.25) is 0 Å². The molecule has 120 valence electrons. The molecule has 2 aromatic rings. The highest BCUT2D eigenvalue weighted by Gasteiger charge is 2.23. The summed E-state index contributed by atoms with van der Waals surface area (Å²) < 4.78 is 7.06. The second-order valence-electron chi connectivity index (χ2n) is 4.85. The summed E-state index contributed by atoms with van der Waals surface area (Å²) in [5.41, 5.74) is 1.85. The Morgan fingerprint density at radius 1 is 1.55 bits per heavy atom. The maximum absolute atomic E-state index is 12.4. The number of carbonyl (C=O) groups is 1. The van der Waals surface area contributed by atoms with Gasteiger partial charge in [-0.1, -0.05) is 11.3 Å². The van der Waals surface area contributed by atoms with Crippen molar-refractivity contribution in [2.24, 2.45) is 7.05 Å². The molecule has 1 aliphatic heterocycles. The fourth-order valence-electron chi connectivity index (χ4n) is 2.29. The Morgan fingerprint density at radius 2 is 2.36 bits per heavy atom. The topological polar surface area (TPSA) is 81.1 Å². The molecule has 1 aliphatic rings. The molecule has 2 N–H and O–H groups in total. The zero-order valence-electron chi connectivity index (χ0n) is 12.3. The molecule has 3 rings (SSSR count). The number of aromatic nitrogens is 3. The van der Waals surface area contributed by atoms with E-state index in [1.807, 2.05) is 13.2 Å². The van der Waals surface area contributed by atoms with Crippen LogP contribution in [0, 0.1) is 0 Å². The number of nitrogens with one attached hydrogen (secondary N) is 2. The van der Waals surface area contributed by atoms with Crippen molar-refractivity contribution in [2.45, 2.75) is 19.1 Å². The molecule has 0 fully saturated rings. The first-order valence-electron chi connectivity index (χ1n) is 6.70. The number of thiazole rings is 1. The van der Waals surface area contributed by atoms with Crippen LogP contribution in [0.5, 0.6) is 0 Å². The summed E-state index contributed by atoms with van der Waals surface area (Å²) in [6.45, 7) is 1.28. The quantitative estimate of drug-likeness (QED) is 0.873. The van der Waals surface area contributed by atoms with E-state index in [0.717, 1.165) is 22.6 Å². The van der Waals surface area contributed by atoms with Crippen LogP contribution in [0.25, 0.3) is 0 Å². The average Bonchev–Trinajstić information content (AvgIpc) is 3.05. The van der Waals surface area contributed by atoms with Crippen molar-refractivity contribution >= 4 is 34.8 Å². The number of anilines is 1. The fourth-order valence-corrected chi connectivity index (χ4v) is 3.24.